The second kappa shape index (κ2) is 8.82. The van der Waals surface area contributed by atoms with Gasteiger partial charge < -0.3 is 11.1 Å². The van der Waals surface area contributed by atoms with Crippen molar-refractivity contribution in [3.63, 3.8) is 0 Å². The third-order valence-corrected chi connectivity index (χ3v) is 5.78. The fourth-order valence-electron chi connectivity index (χ4n) is 2.12. The first kappa shape index (κ1) is 20.2. The number of anilines is 1. The lowest BCUT2D eigenvalue weighted by atomic mass is 10.1. The van der Waals surface area contributed by atoms with Gasteiger partial charge in [-0.2, -0.15) is 0 Å². The van der Waals surface area contributed by atoms with Crippen LogP contribution in [-0.4, -0.2) is 29.8 Å². The van der Waals surface area contributed by atoms with E-state index in [4.69, 9.17) is 0 Å². The Morgan fingerprint density at radius 2 is 2.09 bits per heavy atom. The number of allylic oxidation sites excluding steroid dienone is 2. The van der Waals surface area contributed by atoms with Crippen molar-refractivity contribution in [1.29, 1.82) is 0 Å². The van der Waals surface area contributed by atoms with E-state index in [1.165, 1.54) is 12.6 Å². The molecule has 0 saturated heterocycles. The third kappa shape index (κ3) is 5.31. The van der Waals surface area contributed by atoms with E-state index in [0.717, 1.165) is 39.4 Å². The molecular weight excluding hydrogens is 378 g/mol. The van der Waals surface area contributed by atoms with Crippen LogP contribution in [0.15, 0.2) is 15.7 Å². The quantitative estimate of drug-likeness (QED) is 0.480. The minimum absolute atomic E-state index is 0.418. The molecule has 1 amide bonds. The van der Waals surface area contributed by atoms with Gasteiger partial charge in [-0.3, -0.25) is 10.0 Å². The van der Waals surface area contributed by atoms with Gasteiger partial charge in [0.2, 0.25) is 0 Å². The third-order valence-electron chi connectivity index (χ3n) is 3.50. The monoisotopic (exact) mass is 404 g/mol. The van der Waals surface area contributed by atoms with Gasteiger partial charge in [0.15, 0.2) is 0 Å². The predicted octanol–water partition coefficient (Wildman–Crippen LogP) is 3.51. The average Bonchev–Trinajstić information content (AvgIpc) is 2.77. The van der Waals surface area contributed by atoms with Crippen LogP contribution in [-0.2, 0) is 6.42 Å². The Morgan fingerprint density at radius 3 is 2.52 bits per heavy atom. The number of rotatable bonds is 7. The summed E-state index contributed by atoms with van der Waals surface area (Å²) in [5, 5.41) is 14.3. The van der Waals surface area contributed by atoms with Gasteiger partial charge in [-0.1, -0.05) is 20.8 Å². The molecule has 7 heteroatoms. The Balaban J connectivity index is 3.26. The van der Waals surface area contributed by atoms with E-state index in [-0.39, 0.29) is 0 Å². The molecular formula is C16H27BrN3O2S+. The van der Waals surface area contributed by atoms with E-state index >= 15 is 0 Å². The zero-order chi connectivity index (χ0) is 17.7. The fraction of sp³-hybridized carbons (Fsp3) is 0.562. The van der Waals surface area contributed by atoms with E-state index in [1.807, 2.05) is 6.92 Å². The van der Waals surface area contributed by atoms with Gasteiger partial charge in [0, 0.05) is 36.3 Å². The van der Waals surface area contributed by atoms with Crippen molar-refractivity contribution in [1.82, 2.24) is 5.06 Å². The molecule has 23 heavy (non-hydrogen) atoms. The van der Waals surface area contributed by atoms with Crippen LogP contribution in [0.3, 0.4) is 0 Å². The molecule has 0 aromatic carbocycles. The van der Waals surface area contributed by atoms with Crippen LogP contribution >= 0.6 is 27.3 Å². The summed E-state index contributed by atoms with van der Waals surface area (Å²) in [5.74, 6) is 0.0429. The zero-order valence-corrected chi connectivity index (χ0v) is 16.9. The van der Waals surface area contributed by atoms with E-state index in [2.05, 4.69) is 47.8 Å². The molecule has 1 rings (SSSR count). The highest BCUT2D eigenvalue weighted by atomic mass is 79.9. The molecule has 1 aromatic heterocycles. The zero-order valence-electron chi connectivity index (χ0n) is 14.5. The number of hydrogen-bond acceptors (Lipinski definition) is 4. The highest BCUT2D eigenvalue weighted by Crippen LogP contribution is 2.39. The van der Waals surface area contributed by atoms with Crippen molar-refractivity contribution in [2.45, 2.75) is 40.5 Å². The maximum absolute atomic E-state index is 12.3. The van der Waals surface area contributed by atoms with Gasteiger partial charge in [0.1, 0.15) is 10.7 Å². The molecule has 5 nitrogen and oxygen atoms in total. The number of hydroxylamine groups is 2. The minimum atomic E-state index is -0.418. The molecule has 5 N–H and O–H groups in total. The summed E-state index contributed by atoms with van der Waals surface area (Å²) in [5.41, 5.74) is 6.85. The van der Waals surface area contributed by atoms with Gasteiger partial charge in [-0.05, 0) is 33.8 Å². The molecule has 0 aliphatic carbocycles. The Bertz CT molecular complexity index is 590. The molecule has 0 atom stereocenters. The summed E-state index contributed by atoms with van der Waals surface area (Å²) in [6, 6.07) is 0. The minimum Gasteiger partial charge on any atom is -0.376 e. The Morgan fingerprint density at radius 1 is 1.48 bits per heavy atom. The molecule has 130 valence electrons. The Labute approximate surface area is 150 Å². The van der Waals surface area contributed by atoms with Gasteiger partial charge in [0.05, 0.1) is 5.56 Å². The standard InChI is InChI=1S/C16H26BrN3O2S/c1-6-11(10(4)18)7-12-14(17)13(16(21)20(5)22)15(23-12)19-8-9(2)3/h9,19,22H,6-8,18H2,1-5H3/p+1/b11-10+. The van der Waals surface area contributed by atoms with Gasteiger partial charge in [0.25, 0.3) is 5.91 Å². The van der Waals surface area contributed by atoms with Crippen LogP contribution in [0, 0.1) is 5.92 Å². The molecule has 0 radical (unpaired) electrons. The molecule has 0 saturated carbocycles. The van der Waals surface area contributed by atoms with E-state index in [9.17, 15) is 10.0 Å². The average molecular weight is 405 g/mol. The number of nitrogens with one attached hydrogen (secondary N) is 1. The predicted molar refractivity (Wildman–Crippen MR) is 98.8 cm³/mol. The maximum atomic E-state index is 12.3. The molecule has 0 spiro atoms. The molecule has 0 fully saturated rings. The van der Waals surface area contributed by atoms with Crippen LogP contribution in [0.5, 0.6) is 0 Å². The number of carbonyl (C=O) groups excluding carboxylic acids is 1. The molecule has 0 aliphatic rings. The lowest BCUT2D eigenvalue weighted by Gasteiger charge is -2.12. The second-order valence-electron chi connectivity index (χ2n) is 6.06. The van der Waals surface area contributed by atoms with Crippen LogP contribution in [0.2, 0.25) is 0 Å². The maximum Gasteiger partial charge on any atom is 0.281 e. The summed E-state index contributed by atoms with van der Waals surface area (Å²) in [4.78, 5) is 13.4. The Kier molecular flexibility index (Phi) is 7.73. The summed E-state index contributed by atoms with van der Waals surface area (Å²) in [6.07, 6.45) is 1.69. The number of thiophene rings is 1. The van der Waals surface area contributed by atoms with Gasteiger partial charge >= 0.3 is 0 Å². The van der Waals surface area contributed by atoms with E-state index < -0.39 is 5.91 Å². The van der Waals surface area contributed by atoms with Gasteiger partial charge in [-0.15, -0.1) is 11.3 Å². The summed E-state index contributed by atoms with van der Waals surface area (Å²) < 4.78 is 0.756. The van der Waals surface area contributed by atoms with Crippen LogP contribution in [0.1, 0.15) is 49.4 Å². The molecule has 0 aliphatic heterocycles. The SMILES string of the molecule is CC/C(Cc1sc(NCC(C)C)c(C(=O)N(C)O)c1Br)=C(/C)[NH3+]. The number of carbonyl (C=O) groups is 1. The smallest absolute Gasteiger partial charge is 0.281 e. The lowest BCUT2D eigenvalue weighted by Crippen LogP contribution is -2.47. The van der Waals surface area contributed by atoms with E-state index in [0.29, 0.717) is 16.5 Å². The summed E-state index contributed by atoms with van der Waals surface area (Å²) in [6.45, 7) is 9.11. The fourth-order valence-corrected chi connectivity index (χ4v) is 4.13. The molecule has 0 unspecified atom stereocenters. The summed E-state index contributed by atoms with van der Waals surface area (Å²) in [7, 11) is 1.34. The number of nitrogens with zero attached hydrogens (tertiary/aromatic N) is 1. The van der Waals surface area contributed by atoms with E-state index in [1.54, 1.807) is 11.3 Å². The van der Waals surface area contributed by atoms with Crippen molar-refractivity contribution in [2.24, 2.45) is 5.92 Å². The number of quaternary nitrogens is 1. The number of halogens is 1. The first-order chi connectivity index (χ1) is 10.7. The van der Waals surface area contributed by atoms with Crippen molar-refractivity contribution >= 4 is 38.2 Å². The number of hydrogen-bond donors (Lipinski definition) is 3. The Hall–Kier alpha value is -0.890. The molecule has 1 heterocycles. The van der Waals surface area contributed by atoms with Crippen LogP contribution in [0.25, 0.3) is 0 Å². The number of amides is 1. The largest absolute Gasteiger partial charge is 0.376 e. The highest BCUT2D eigenvalue weighted by molar-refractivity contribution is 9.10. The van der Waals surface area contributed by atoms with Crippen molar-refractivity contribution in [3.8, 4) is 0 Å². The first-order valence-corrected chi connectivity index (χ1v) is 9.32. The van der Waals surface area contributed by atoms with Crippen molar-refractivity contribution < 1.29 is 15.7 Å². The normalized spacial score (nSPS) is 12.4. The summed E-state index contributed by atoms with van der Waals surface area (Å²) >= 11 is 5.11. The van der Waals surface area contributed by atoms with Crippen LogP contribution in [0.4, 0.5) is 5.00 Å². The van der Waals surface area contributed by atoms with Crippen molar-refractivity contribution in [3.05, 3.63) is 26.2 Å². The molecule has 0 bridgehead atoms. The topological polar surface area (TPSA) is 80.2 Å². The van der Waals surface area contributed by atoms with Crippen LogP contribution < -0.4 is 11.1 Å². The first-order valence-electron chi connectivity index (χ1n) is 7.71. The molecule has 1 aromatic rings. The van der Waals surface area contributed by atoms with Crippen molar-refractivity contribution in [2.75, 3.05) is 18.9 Å². The second-order valence-corrected chi connectivity index (χ2v) is 7.96. The lowest BCUT2D eigenvalue weighted by molar-refractivity contribution is -0.303. The van der Waals surface area contributed by atoms with Gasteiger partial charge in [-0.25, -0.2) is 5.06 Å². The highest BCUT2D eigenvalue weighted by Gasteiger charge is 2.25.